The number of nitrogens with zero attached hydrogens (tertiary/aromatic N) is 2. The number of carbonyl (C=O) groups excluding carboxylic acids is 2. The van der Waals surface area contributed by atoms with Crippen molar-refractivity contribution in [2.45, 2.75) is 52.0 Å². The van der Waals surface area contributed by atoms with E-state index in [1.165, 1.54) is 24.0 Å². The van der Waals surface area contributed by atoms with Gasteiger partial charge in [-0.05, 0) is 57.0 Å². The SMILES string of the molecule is CCOC(=O)N(Cc1cc(F)cc(C(F)(F)F)c1)[C@@H]1C[C@H](C)N(C(=O)OCC)c2cc(OC)c(OC)cc21. The Balaban J connectivity index is 2.17. The molecule has 0 aliphatic carbocycles. The third-order valence-electron chi connectivity index (χ3n) is 6.14. The standard InChI is InChI=1S/C26H30F4N2O6/c1-6-37-24(33)31(14-16-9-17(26(28,29)30)11-18(27)10-16)20-8-15(3)32(25(34)38-7-2)21-13-23(36-5)22(35-4)12-19(20)21/h9-13,15,20H,6-8,14H2,1-5H3/t15-,20+/m0/s1. The van der Waals surface area contributed by atoms with Crippen LogP contribution in [0, 0.1) is 5.82 Å². The second kappa shape index (κ2) is 11.8. The lowest BCUT2D eigenvalue weighted by Gasteiger charge is -2.42. The summed E-state index contributed by atoms with van der Waals surface area (Å²) in [5.74, 6) is -0.462. The molecule has 0 unspecified atom stereocenters. The Morgan fingerprint density at radius 1 is 1.00 bits per heavy atom. The minimum Gasteiger partial charge on any atom is -0.493 e. The highest BCUT2D eigenvalue weighted by Crippen LogP contribution is 2.46. The van der Waals surface area contributed by atoms with Gasteiger partial charge >= 0.3 is 18.4 Å². The van der Waals surface area contributed by atoms with Crippen LogP contribution in [0.4, 0.5) is 32.8 Å². The Bertz CT molecular complexity index is 1170. The highest BCUT2D eigenvalue weighted by molar-refractivity contribution is 5.91. The first-order valence-corrected chi connectivity index (χ1v) is 12.0. The number of amides is 2. The maximum atomic E-state index is 14.2. The van der Waals surface area contributed by atoms with Gasteiger partial charge in [-0.1, -0.05) is 0 Å². The van der Waals surface area contributed by atoms with Crippen molar-refractivity contribution in [2.75, 3.05) is 32.3 Å². The zero-order chi connectivity index (χ0) is 28.2. The van der Waals surface area contributed by atoms with Crippen molar-refractivity contribution in [3.05, 3.63) is 52.8 Å². The molecule has 3 rings (SSSR count). The van der Waals surface area contributed by atoms with Gasteiger partial charge in [0.15, 0.2) is 11.5 Å². The van der Waals surface area contributed by atoms with Crippen LogP contribution in [0.5, 0.6) is 11.5 Å². The van der Waals surface area contributed by atoms with Gasteiger partial charge in [0.1, 0.15) is 5.82 Å². The predicted octanol–water partition coefficient (Wildman–Crippen LogP) is 6.32. The Kier molecular flexibility index (Phi) is 8.95. The van der Waals surface area contributed by atoms with E-state index in [0.717, 1.165) is 12.1 Å². The minimum atomic E-state index is -4.78. The van der Waals surface area contributed by atoms with Crippen LogP contribution < -0.4 is 14.4 Å². The number of alkyl halides is 3. The molecule has 1 aliphatic heterocycles. The van der Waals surface area contributed by atoms with Crippen molar-refractivity contribution in [1.29, 1.82) is 0 Å². The van der Waals surface area contributed by atoms with Gasteiger partial charge in [-0.15, -0.1) is 0 Å². The van der Waals surface area contributed by atoms with Crippen molar-refractivity contribution in [2.24, 2.45) is 0 Å². The number of rotatable bonds is 7. The van der Waals surface area contributed by atoms with E-state index in [9.17, 15) is 27.2 Å². The normalized spacial score (nSPS) is 16.9. The molecule has 12 heteroatoms. The Morgan fingerprint density at radius 2 is 1.63 bits per heavy atom. The van der Waals surface area contributed by atoms with Gasteiger partial charge in [0.25, 0.3) is 0 Å². The van der Waals surface area contributed by atoms with Crippen molar-refractivity contribution < 1.29 is 46.1 Å². The lowest BCUT2D eigenvalue weighted by atomic mass is 9.90. The second-order valence-corrected chi connectivity index (χ2v) is 8.61. The molecule has 208 valence electrons. The summed E-state index contributed by atoms with van der Waals surface area (Å²) in [4.78, 5) is 28.7. The zero-order valence-electron chi connectivity index (χ0n) is 21.7. The summed E-state index contributed by atoms with van der Waals surface area (Å²) < 4.78 is 75.5. The van der Waals surface area contributed by atoms with E-state index in [2.05, 4.69) is 0 Å². The fraction of sp³-hybridized carbons (Fsp3) is 0.462. The van der Waals surface area contributed by atoms with Crippen molar-refractivity contribution in [3.8, 4) is 11.5 Å². The lowest BCUT2D eigenvalue weighted by molar-refractivity contribution is -0.137. The van der Waals surface area contributed by atoms with E-state index in [-0.39, 0.29) is 31.7 Å². The smallest absolute Gasteiger partial charge is 0.416 e. The fourth-order valence-electron chi connectivity index (χ4n) is 4.53. The van der Waals surface area contributed by atoms with Gasteiger partial charge in [0.2, 0.25) is 0 Å². The van der Waals surface area contributed by atoms with Gasteiger partial charge in [0, 0.05) is 24.2 Å². The maximum Gasteiger partial charge on any atom is 0.416 e. The number of halogens is 4. The third-order valence-corrected chi connectivity index (χ3v) is 6.14. The Labute approximate surface area is 218 Å². The number of fused-ring (bicyclic) bond motifs is 1. The molecule has 2 amide bonds. The lowest BCUT2D eigenvalue weighted by Crippen LogP contribution is -2.47. The summed E-state index contributed by atoms with van der Waals surface area (Å²) in [6.07, 6.45) is -6.02. The third kappa shape index (κ3) is 6.05. The van der Waals surface area contributed by atoms with Crippen molar-refractivity contribution in [1.82, 2.24) is 4.90 Å². The molecule has 0 saturated carbocycles. The molecule has 2 aromatic rings. The molecule has 0 radical (unpaired) electrons. The van der Waals surface area contributed by atoms with E-state index in [1.807, 2.05) is 0 Å². The number of carbonyl (C=O) groups is 2. The van der Waals surface area contributed by atoms with Crippen LogP contribution in [-0.2, 0) is 22.2 Å². The first kappa shape index (κ1) is 28.9. The summed E-state index contributed by atoms with van der Waals surface area (Å²) in [7, 11) is 2.85. The molecule has 8 nitrogen and oxygen atoms in total. The molecule has 2 aromatic carbocycles. The maximum absolute atomic E-state index is 14.2. The van der Waals surface area contributed by atoms with E-state index >= 15 is 0 Å². The topological polar surface area (TPSA) is 77.5 Å². The Morgan fingerprint density at radius 3 is 2.21 bits per heavy atom. The first-order chi connectivity index (χ1) is 17.9. The highest BCUT2D eigenvalue weighted by Gasteiger charge is 2.41. The van der Waals surface area contributed by atoms with Gasteiger partial charge < -0.3 is 18.9 Å². The quantitative estimate of drug-likeness (QED) is 0.382. The molecule has 0 fully saturated rings. The van der Waals surface area contributed by atoms with Crippen LogP contribution in [0.2, 0.25) is 0 Å². The molecule has 0 aromatic heterocycles. The largest absolute Gasteiger partial charge is 0.493 e. The number of hydrogen-bond acceptors (Lipinski definition) is 6. The number of benzene rings is 2. The Hall–Kier alpha value is -3.70. The molecule has 1 aliphatic rings. The minimum absolute atomic E-state index is 0.00228. The van der Waals surface area contributed by atoms with Gasteiger partial charge in [-0.2, -0.15) is 13.2 Å². The summed E-state index contributed by atoms with van der Waals surface area (Å²) in [6.45, 7) is 4.75. The van der Waals surface area contributed by atoms with Crippen LogP contribution >= 0.6 is 0 Å². The van der Waals surface area contributed by atoms with E-state index < -0.39 is 41.8 Å². The summed E-state index contributed by atoms with van der Waals surface area (Å²) in [6, 6.07) is 4.01. The summed E-state index contributed by atoms with van der Waals surface area (Å²) >= 11 is 0. The number of methoxy groups -OCH3 is 2. The van der Waals surface area contributed by atoms with Crippen LogP contribution in [0.1, 0.15) is 49.9 Å². The molecule has 0 N–H and O–H groups in total. The van der Waals surface area contributed by atoms with Gasteiger partial charge in [0.05, 0.1) is 44.7 Å². The van der Waals surface area contributed by atoms with Crippen LogP contribution in [0.3, 0.4) is 0 Å². The molecular formula is C26H30F4N2O6. The second-order valence-electron chi connectivity index (χ2n) is 8.61. The molecule has 38 heavy (non-hydrogen) atoms. The van der Waals surface area contributed by atoms with Gasteiger partial charge in [-0.25, -0.2) is 14.0 Å². The number of anilines is 1. The van der Waals surface area contributed by atoms with Crippen LogP contribution in [0.15, 0.2) is 30.3 Å². The molecular weight excluding hydrogens is 512 g/mol. The first-order valence-electron chi connectivity index (χ1n) is 12.0. The van der Waals surface area contributed by atoms with Crippen molar-refractivity contribution >= 4 is 17.9 Å². The summed E-state index contributed by atoms with van der Waals surface area (Å²) in [5, 5.41) is 0. The van der Waals surface area contributed by atoms with Crippen LogP contribution in [0.25, 0.3) is 0 Å². The van der Waals surface area contributed by atoms with Gasteiger partial charge in [-0.3, -0.25) is 9.80 Å². The number of ether oxygens (including phenoxy) is 4. The van der Waals surface area contributed by atoms with Crippen LogP contribution in [-0.4, -0.2) is 50.6 Å². The van der Waals surface area contributed by atoms with Crippen molar-refractivity contribution in [3.63, 3.8) is 0 Å². The molecule has 2 atom stereocenters. The average molecular weight is 543 g/mol. The zero-order valence-corrected chi connectivity index (χ0v) is 21.7. The molecule has 1 heterocycles. The molecule has 0 spiro atoms. The predicted molar refractivity (Wildman–Crippen MR) is 130 cm³/mol. The monoisotopic (exact) mass is 542 g/mol. The molecule has 0 saturated heterocycles. The average Bonchev–Trinajstić information content (AvgIpc) is 2.85. The van der Waals surface area contributed by atoms with E-state index in [1.54, 1.807) is 32.9 Å². The fourth-order valence-corrected chi connectivity index (χ4v) is 4.53. The highest BCUT2D eigenvalue weighted by atomic mass is 19.4. The van der Waals surface area contributed by atoms with E-state index in [4.69, 9.17) is 18.9 Å². The van der Waals surface area contributed by atoms with E-state index in [0.29, 0.717) is 28.8 Å². The summed E-state index contributed by atoms with van der Waals surface area (Å²) in [5.41, 5.74) is -0.426. The molecule has 0 bridgehead atoms. The number of hydrogen-bond donors (Lipinski definition) is 0.